The Morgan fingerprint density at radius 3 is 2.72 bits per heavy atom. The average Bonchev–Trinajstić information content (AvgIpc) is 3.44. The number of nitrogens with zero attached hydrogens (tertiary/aromatic N) is 4. The van der Waals surface area contributed by atoms with Crippen LogP contribution in [0.4, 0.5) is 16.3 Å². The molecule has 190 valence electrons. The van der Waals surface area contributed by atoms with Crippen molar-refractivity contribution >= 4 is 68.8 Å². The molecule has 2 saturated heterocycles. The smallest absolute Gasteiger partial charge is 0.324 e. The Morgan fingerprint density at radius 2 is 1.97 bits per heavy atom. The van der Waals surface area contributed by atoms with Crippen molar-refractivity contribution in [3.8, 4) is 0 Å². The van der Waals surface area contributed by atoms with E-state index in [-0.39, 0.29) is 11.7 Å². The predicted molar refractivity (Wildman–Crippen MR) is 139 cm³/mol. The van der Waals surface area contributed by atoms with Gasteiger partial charge in [-0.2, -0.15) is 0 Å². The summed E-state index contributed by atoms with van der Waals surface area (Å²) in [5, 5.41) is 8.70. The molecule has 1 aromatic carbocycles. The van der Waals surface area contributed by atoms with E-state index in [0.29, 0.717) is 32.2 Å². The van der Waals surface area contributed by atoms with Gasteiger partial charge in [-0.25, -0.2) is 19.7 Å². The van der Waals surface area contributed by atoms with Crippen LogP contribution in [0.15, 0.2) is 30.6 Å². The number of hydrogen-bond acceptors (Lipinski definition) is 8. The van der Waals surface area contributed by atoms with Crippen molar-refractivity contribution in [3.63, 3.8) is 0 Å². The molecule has 14 heteroatoms. The number of hydrogen-bond donors (Lipinski definition) is 3. The van der Waals surface area contributed by atoms with Gasteiger partial charge in [0.15, 0.2) is 38.9 Å². The largest absolute Gasteiger partial charge is 0.354 e. The maximum Gasteiger partial charge on any atom is 0.324 e. The Bertz CT molecular complexity index is 1340. The first-order valence-corrected chi connectivity index (χ1v) is 12.6. The molecule has 0 unspecified atom stereocenters. The van der Waals surface area contributed by atoms with Crippen LogP contribution in [0.1, 0.15) is 27.0 Å². The third-order valence-electron chi connectivity index (χ3n) is 5.62. The summed E-state index contributed by atoms with van der Waals surface area (Å²) in [4.78, 5) is 38.6. The molecular formula is C22H23ClIN7O5. The molecule has 2 aliphatic heterocycles. The van der Waals surface area contributed by atoms with Gasteiger partial charge < -0.3 is 24.8 Å². The lowest BCUT2D eigenvalue weighted by molar-refractivity contribution is -0.197. The molecule has 3 N–H and O–H groups in total. The average molecular weight is 628 g/mol. The van der Waals surface area contributed by atoms with Crippen molar-refractivity contribution in [2.45, 2.75) is 51.1 Å². The normalized spacial score (nSPS) is 24.5. The molecule has 2 aliphatic rings. The number of ether oxygens (including phenoxy) is 3. The number of urea groups is 1. The molecule has 3 amide bonds. The lowest BCUT2D eigenvalue weighted by Gasteiger charge is -2.24. The summed E-state index contributed by atoms with van der Waals surface area (Å²) in [6.45, 7) is 5.86. The number of carbonyl (C=O) groups is 2. The van der Waals surface area contributed by atoms with Gasteiger partial charge in [0.05, 0.1) is 6.33 Å². The first-order chi connectivity index (χ1) is 17.1. The zero-order valence-electron chi connectivity index (χ0n) is 19.5. The Kier molecular flexibility index (Phi) is 6.76. The molecule has 4 atom stereocenters. The highest BCUT2D eigenvalue weighted by Crippen LogP contribution is 2.44. The molecule has 0 spiro atoms. The fourth-order valence-corrected chi connectivity index (χ4v) is 4.95. The first-order valence-electron chi connectivity index (χ1n) is 11.2. The van der Waals surface area contributed by atoms with Crippen LogP contribution < -0.4 is 16.0 Å². The summed E-state index contributed by atoms with van der Waals surface area (Å²) in [5.41, 5.74) is 1.27. The van der Waals surface area contributed by atoms with Gasteiger partial charge in [0.25, 0.3) is 5.91 Å². The van der Waals surface area contributed by atoms with Gasteiger partial charge in [0, 0.05) is 39.8 Å². The number of amides is 3. The maximum absolute atomic E-state index is 12.7. The minimum Gasteiger partial charge on any atom is -0.354 e. The van der Waals surface area contributed by atoms with E-state index in [1.54, 1.807) is 42.7 Å². The van der Waals surface area contributed by atoms with Gasteiger partial charge in [-0.3, -0.25) is 14.7 Å². The topological polar surface area (TPSA) is 142 Å². The zero-order chi connectivity index (χ0) is 25.6. The molecule has 12 nitrogen and oxygen atoms in total. The number of imidazole rings is 1. The molecule has 4 heterocycles. The van der Waals surface area contributed by atoms with E-state index in [9.17, 15) is 9.59 Å². The van der Waals surface area contributed by atoms with E-state index in [0.717, 1.165) is 0 Å². The molecule has 5 rings (SSSR count). The minimum atomic E-state index is -0.896. The van der Waals surface area contributed by atoms with Crippen LogP contribution in [0.3, 0.4) is 0 Å². The Hall–Kier alpha value is -2.59. The SMILES string of the molecule is CCNC(=O)[C@H]1O[C@@H](n2cnc3c(NC(=O)Nc4cccc(Cl)c4)nc(I)nc32)[C@@H]2OC(C)(C)O[C@@H]21. The molecule has 0 saturated carbocycles. The molecule has 0 aliphatic carbocycles. The van der Waals surface area contributed by atoms with Gasteiger partial charge in [0.1, 0.15) is 12.2 Å². The van der Waals surface area contributed by atoms with Gasteiger partial charge in [0.2, 0.25) is 0 Å². The van der Waals surface area contributed by atoms with E-state index in [4.69, 9.17) is 25.8 Å². The van der Waals surface area contributed by atoms with Crippen molar-refractivity contribution in [2.75, 3.05) is 17.2 Å². The highest BCUT2D eigenvalue weighted by atomic mass is 127. The van der Waals surface area contributed by atoms with E-state index in [1.807, 2.05) is 29.5 Å². The van der Waals surface area contributed by atoms with Crippen molar-refractivity contribution in [1.82, 2.24) is 24.8 Å². The summed E-state index contributed by atoms with van der Waals surface area (Å²) in [7, 11) is 0. The lowest BCUT2D eigenvalue weighted by Crippen LogP contribution is -2.42. The van der Waals surface area contributed by atoms with Gasteiger partial charge in [-0.1, -0.05) is 17.7 Å². The van der Waals surface area contributed by atoms with E-state index < -0.39 is 36.4 Å². The van der Waals surface area contributed by atoms with E-state index >= 15 is 0 Å². The lowest BCUT2D eigenvalue weighted by atomic mass is 10.1. The maximum atomic E-state index is 12.7. The van der Waals surface area contributed by atoms with E-state index in [1.165, 1.54) is 6.33 Å². The van der Waals surface area contributed by atoms with Crippen LogP contribution in [-0.4, -0.2) is 62.1 Å². The minimum absolute atomic E-state index is 0.210. The van der Waals surface area contributed by atoms with Crippen molar-refractivity contribution in [3.05, 3.63) is 39.4 Å². The van der Waals surface area contributed by atoms with Crippen LogP contribution in [0.25, 0.3) is 11.2 Å². The fraction of sp³-hybridized carbons (Fsp3) is 0.409. The number of aromatic nitrogens is 4. The van der Waals surface area contributed by atoms with Crippen LogP contribution in [0.2, 0.25) is 5.02 Å². The molecule has 36 heavy (non-hydrogen) atoms. The third-order valence-corrected chi connectivity index (χ3v) is 6.34. The molecule has 0 radical (unpaired) electrons. The number of carbonyl (C=O) groups excluding carboxylic acids is 2. The molecule has 2 fully saturated rings. The Balaban J connectivity index is 1.45. The summed E-state index contributed by atoms with van der Waals surface area (Å²) < 4.78 is 20.3. The standard InChI is InChI=1S/C22H23ClIN7O5/c1-4-25-18(32)14-13-15(36-22(2,3)35-13)19(34-14)31-9-26-12-16(28-20(24)30-17(12)31)29-21(33)27-11-7-5-6-10(23)8-11/h5-9,13-15,19H,4H2,1-3H3,(H,25,32)(H2,27,28,29,30,33)/t13-,14+,15-,19-/m1/s1. The summed E-state index contributed by atoms with van der Waals surface area (Å²) in [6, 6.07) is 6.25. The molecular weight excluding hydrogens is 605 g/mol. The van der Waals surface area contributed by atoms with Gasteiger partial charge in [-0.05, 0) is 39.0 Å². The van der Waals surface area contributed by atoms with Gasteiger partial charge >= 0.3 is 6.03 Å². The zero-order valence-corrected chi connectivity index (χ0v) is 22.4. The van der Waals surface area contributed by atoms with Crippen LogP contribution in [0, 0.1) is 3.83 Å². The molecule has 0 bridgehead atoms. The van der Waals surface area contributed by atoms with Crippen molar-refractivity contribution in [1.29, 1.82) is 0 Å². The Labute approximate surface area is 224 Å². The number of fused-ring (bicyclic) bond motifs is 2. The molecule has 3 aromatic rings. The van der Waals surface area contributed by atoms with Crippen molar-refractivity contribution < 1.29 is 23.8 Å². The molecule has 2 aromatic heterocycles. The fourth-order valence-electron chi connectivity index (χ4n) is 4.29. The van der Waals surface area contributed by atoms with Crippen LogP contribution >= 0.6 is 34.2 Å². The van der Waals surface area contributed by atoms with Crippen molar-refractivity contribution in [2.24, 2.45) is 0 Å². The number of benzene rings is 1. The van der Waals surface area contributed by atoms with Crippen LogP contribution in [-0.2, 0) is 19.0 Å². The summed E-state index contributed by atoms with van der Waals surface area (Å²) in [6.07, 6.45) is -1.29. The number of halogens is 2. The summed E-state index contributed by atoms with van der Waals surface area (Å²) >= 11 is 7.95. The first kappa shape index (κ1) is 25.1. The second-order valence-corrected chi connectivity index (χ2v) is 10.1. The van der Waals surface area contributed by atoms with Crippen LogP contribution in [0.5, 0.6) is 0 Å². The predicted octanol–water partition coefficient (Wildman–Crippen LogP) is 3.28. The monoisotopic (exact) mass is 627 g/mol. The Morgan fingerprint density at radius 1 is 1.19 bits per heavy atom. The van der Waals surface area contributed by atoms with E-state index in [2.05, 4.69) is 30.9 Å². The quantitative estimate of drug-likeness (QED) is 0.289. The second kappa shape index (κ2) is 9.70. The number of likely N-dealkylation sites (N-methyl/N-ethyl adjacent to an activating group) is 1. The number of nitrogens with one attached hydrogen (secondary N) is 3. The second-order valence-electron chi connectivity index (χ2n) is 8.66. The summed E-state index contributed by atoms with van der Waals surface area (Å²) in [5.74, 6) is -0.973. The number of rotatable bonds is 5. The third kappa shape index (κ3) is 4.85. The number of anilines is 2. The highest BCUT2D eigenvalue weighted by molar-refractivity contribution is 14.1. The van der Waals surface area contributed by atoms with Gasteiger partial charge in [-0.15, -0.1) is 0 Å². The highest BCUT2D eigenvalue weighted by Gasteiger charge is 2.58.